The zero-order valence-electron chi connectivity index (χ0n) is 11.1. The number of hydrogen-bond acceptors (Lipinski definition) is 3. The van der Waals surface area contributed by atoms with E-state index in [1.807, 2.05) is 47.1 Å². The van der Waals surface area contributed by atoms with E-state index in [9.17, 15) is 4.79 Å². The minimum atomic E-state index is 0.0307. The van der Waals surface area contributed by atoms with Crippen LogP contribution in [0, 0.1) is 0 Å². The number of carbonyl (C=O) groups excluding carboxylic acids is 1. The van der Waals surface area contributed by atoms with E-state index in [-0.39, 0.29) is 5.78 Å². The largest absolute Gasteiger partial charge is 0.487 e. The maximum absolute atomic E-state index is 11.3. The van der Waals surface area contributed by atoms with Gasteiger partial charge in [0.1, 0.15) is 18.0 Å². The molecule has 0 unspecified atom stereocenters. The van der Waals surface area contributed by atoms with E-state index in [4.69, 9.17) is 4.74 Å². The van der Waals surface area contributed by atoms with E-state index in [2.05, 4.69) is 4.98 Å². The van der Waals surface area contributed by atoms with Gasteiger partial charge in [-0.2, -0.15) is 0 Å². The average molecular weight is 266 g/mol. The summed E-state index contributed by atoms with van der Waals surface area (Å²) in [6.07, 6.45) is 3.88. The summed E-state index contributed by atoms with van der Waals surface area (Å²) in [4.78, 5) is 15.8. The lowest BCUT2D eigenvalue weighted by Crippen LogP contribution is -1.97. The molecule has 0 atom stereocenters. The molecule has 0 saturated carbocycles. The lowest BCUT2D eigenvalue weighted by molar-refractivity contribution is 0.101. The Morgan fingerprint density at radius 1 is 1.25 bits per heavy atom. The number of carbonyl (C=O) groups is 1. The van der Waals surface area contributed by atoms with E-state index < -0.39 is 0 Å². The quantitative estimate of drug-likeness (QED) is 0.681. The van der Waals surface area contributed by atoms with Gasteiger partial charge in [-0.3, -0.25) is 4.79 Å². The number of rotatable bonds is 4. The van der Waals surface area contributed by atoms with Crippen LogP contribution in [-0.2, 0) is 6.61 Å². The molecule has 0 fully saturated rings. The maximum Gasteiger partial charge on any atom is 0.159 e. The Balaban J connectivity index is 1.75. The van der Waals surface area contributed by atoms with Crippen LogP contribution in [0.3, 0.4) is 0 Å². The normalized spacial score (nSPS) is 10.7. The fourth-order valence-electron chi connectivity index (χ4n) is 2.02. The highest BCUT2D eigenvalue weighted by atomic mass is 16.5. The average Bonchev–Trinajstić information content (AvgIpc) is 2.88. The molecular weight excluding hydrogens is 252 g/mol. The lowest BCUT2D eigenvalue weighted by atomic mass is 10.1. The Morgan fingerprint density at radius 3 is 2.95 bits per heavy atom. The van der Waals surface area contributed by atoms with Crippen LogP contribution in [0.1, 0.15) is 23.0 Å². The SMILES string of the molecule is CC(=O)c1cccc(OCc2cn3ccccc3n2)c1. The van der Waals surface area contributed by atoms with Crippen LogP contribution in [0.2, 0.25) is 0 Å². The fraction of sp³-hybridized carbons (Fsp3) is 0.125. The summed E-state index contributed by atoms with van der Waals surface area (Å²) in [6.45, 7) is 1.92. The summed E-state index contributed by atoms with van der Waals surface area (Å²) in [6, 6.07) is 13.0. The second-order valence-electron chi connectivity index (χ2n) is 4.57. The highest BCUT2D eigenvalue weighted by Gasteiger charge is 2.04. The van der Waals surface area contributed by atoms with E-state index in [0.29, 0.717) is 17.9 Å². The monoisotopic (exact) mass is 266 g/mol. The van der Waals surface area contributed by atoms with Crippen LogP contribution >= 0.6 is 0 Å². The molecule has 0 amide bonds. The summed E-state index contributed by atoms with van der Waals surface area (Å²) in [7, 11) is 0. The molecule has 0 spiro atoms. The third kappa shape index (κ3) is 2.54. The number of ether oxygens (including phenoxy) is 1. The van der Waals surface area contributed by atoms with Crippen molar-refractivity contribution in [1.82, 2.24) is 9.38 Å². The van der Waals surface area contributed by atoms with Gasteiger partial charge in [0.15, 0.2) is 5.78 Å². The molecule has 3 aromatic rings. The van der Waals surface area contributed by atoms with Crippen LogP contribution in [0.5, 0.6) is 5.75 Å². The first kappa shape index (κ1) is 12.4. The van der Waals surface area contributed by atoms with Crippen molar-refractivity contribution in [2.45, 2.75) is 13.5 Å². The van der Waals surface area contributed by atoms with Crippen LogP contribution < -0.4 is 4.74 Å². The first-order valence-electron chi connectivity index (χ1n) is 6.39. The van der Waals surface area contributed by atoms with Gasteiger partial charge >= 0.3 is 0 Å². The molecule has 0 bridgehead atoms. The first-order chi connectivity index (χ1) is 9.72. The second-order valence-corrected chi connectivity index (χ2v) is 4.57. The van der Waals surface area contributed by atoms with Crippen molar-refractivity contribution in [3.63, 3.8) is 0 Å². The van der Waals surface area contributed by atoms with Gasteiger partial charge in [-0.15, -0.1) is 0 Å². The Morgan fingerprint density at radius 2 is 2.15 bits per heavy atom. The summed E-state index contributed by atoms with van der Waals surface area (Å²) < 4.78 is 7.63. The minimum absolute atomic E-state index is 0.0307. The van der Waals surface area contributed by atoms with Gasteiger partial charge in [-0.05, 0) is 31.2 Å². The van der Waals surface area contributed by atoms with Gasteiger partial charge in [-0.1, -0.05) is 18.2 Å². The van der Waals surface area contributed by atoms with Crippen LogP contribution in [-0.4, -0.2) is 15.2 Å². The zero-order chi connectivity index (χ0) is 13.9. The van der Waals surface area contributed by atoms with Gasteiger partial charge < -0.3 is 9.14 Å². The number of benzene rings is 1. The molecule has 3 rings (SSSR count). The topological polar surface area (TPSA) is 43.6 Å². The molecule has 0 N–H and O–H groups in total. The summed E-state index contributed by atoms with van der Waals surface area (Å²) in [5.74, 6) is 0.706. The molecule has 2 heterocycles. The van der Waals surface area contributed by atoms with Crippen molar-refractivity contribution in [2.24, 2.45) is 0 Å². The molecule has 2 aromatic heterocycles. The molecule has 4 nitrogen and oxygen atoms in total. The van der Waals surface area contributed by atoms with Gasteiger partial charge in [0.25, 0.3) is 0 Å². The number of aromatic nitrogens is 2. The first-order valence-corrected chi connectivity index (χ1v) is 6.39. The predicted octanol–water partition coefficient (Wildman–Crippen LogP) is 3.12. The van der Waals surface area contributed by atoms with Gasteiger partial charge in [0.2, 0.25) is 0 Å². The van der Waals surface area contributed by atoms with Gasteiger partial charge in [0, 0.05) is 18.0 Å². The summed E-state index contributed by atoms with van der Waals surface area (Å²) in [5, 5.41) is 0. The molecule has 0 radical (unpaired) electrons. The molecule has 1 aromatic carbocycles. The highest BCUT2D eigenvalue weighted by Crippen LogP contribution is 2.15. The Bertz CT molecular complexity index is 729. The summed E-state index contributed by atoms with van der Waals surface area (Å²) in [5.41, 5.74) is 2.39. The molecule has 4 heteroatoms. The molecular formula is C16H14N2O2. The Labute approximate surface area is 116 Å². The van der Waals surface area contributed by atoms with Crippen LogP contribution in [0.25, 0.3) is 5.65 Å². The third-order valence-electron chi connectivity index (χ3n) is 3.04. The molecule has 20 heavy (non-hydrogen) atoms. The fourth-order valence-corrected chi connectivity index (χ4v) is 2.02. The number of fused-ring (bicyclic) bond motifs is 1. The van der Waals surface area contributed by atoms with Crippen molar-refractivity contribution in [1.29, 1.82) is 0 Å². The zero-order valence-corrected chi connectivity index (χ0v) is 11.1. The highest BCUT2D eigenvalue weighted by molar-refractivity contribution is 5.94. The maximum atomic E-state index is 11.3. The number of pyridine rings is 1. The van der Waals surface area contributed by atoms with Gasteiger partial charge in [-0.25, -0.2) is 4.98 Å². The van der Waals surface area contributed by atoms with Crippen LogP contribution in [0.15, 0.2) is 54.9 Å². The minimum Gasteiger partial charge on any atom is -0.487 e. The van der Waals surface area contributed by atoms with Crippen molar-refractivity contribution in [3.8, 4) is 5.75 Å². The van der Waals surface area contributed by atoms with Crippen molar-refractivity contribution >= 4 is 11.4 Å². The number of nitrogens with zero attached hydrogens (tertiary/aromatic N) is 2. The third-order valence-corrected chi connectivity index (χ3v) is 3.04. The van der Waals surface area contributed by atoms with E-state index in [0.717, 1.165) is 11.3 Å². The van der Waals surface area contributed by atoms with E-state index >= 15 is 0 Å². The van der Waals surface area contributed by atoms with Crippen LogP contribution in [0.4, 0.5) is 0 Å². The molecule has 0 aliphatic carbocycles. The number of ketones is 1. The number of Topliss-reactive ketones (excluding diaryl/α,β-unsaturated/α-hetero) is 1. The van der Waals surface area contributed by atoms with E-state index in [1.165, 1.54) is 0 Å². The number of hydrogen-bond donors (Lipinski definition) is 0. The molecule has 0 saturated heterocycles. The standard InChI is InChI=1S/C16H14N2O2/c1-12(19)13-5-4-6-15(9-13)20-11-14-10-18-8-3-2-7-16(18)17-14/h2-10H,11H2,1H3. The molecule has 100 valence electrons. The second kappa shape index (κ2) is 5.17. The summed E-state index contributed by atoms with van der Waals surface area (Å²) >= 11 is 0. The van der Waals surface area contributed by atoms with Crippen molar-refractivity contribution in [3.05, 3.63) is 66.1 Å². The Kier molecular flexibility index (Phi) is 3.21. The van der Waals surface area contributed by atoms with Gasteiger partial charge in [0.05, 0.1) is 5.69 Å². The number of imidazole rings is 1. The molecule has 0 aliphatic rings. The molecule has 0 aliphatic heterocycles. The Hall–Kier alpha value is -2.62. The smallest absolute Gasteiger partial charge is 0.159 e. The predicted molar refractivity (Wildman–Crippen MR) is 76.0 cm³/mol. The van der Waals surface area contributed by atoms with E-state index in [1.54, 1.807) is 19.1 Å². The van der Waals surface area contributed by atoms with Crippen molar-refractivity contribution < 1.29 is 9.53 Å². The lowest BCUT2D eigenvalue weighted by Gasteiger charge is -2.05. The van der Waals surface area contributed by atoms with Crippen molar-refractivity contribution in [2.75, 3.05) is 0 Å².